The molecule has 0 radical (unpaired) electrons. The smallest absolute Gasteiger partial charge is 0.255 e. The average Bonchev–Trinajstić information content (AvgIpc) is 2.53. The number of amides is 2. The van der Waals surface area contributed by atoms with Crippen molar-refractivity contribution < 1.29 is 14.3 Å². The molecular weight excluding hydrogens is 306 g/mol. The van der Waals surface area contributed by atoms with Crippen molar-refractivity contribution in [2.45, 2.75) is 38.1 Å². The summed E-state index contributed by atoms with van der Waals surface area (Å²) in [7, 11) is 0. The maximum absolute atomic E-state index is 12.6. The van der Waals surface area contributed by atoms with E-state index in [-0.39, 0.29) is 24.5 Å². The summed E-state index contributed by atoms with van der Waals surface area (Å²) in [5.74, 6) is 1.12. The van der Waals surface area contributed by atoms with Gasteiger partial charge in [-0.15, -0.1) is 0 Å². The van der Waals surface area contributed by atoms with Crippen molar-refractivity contribution in [3.05, 3.63) is 24.3 Å². The molecule has 3 rings (SSSR count). The zero-order valence-electron chi connectivity index (χ0n) is 13.7. The molecule has 0 heterocycles. The molecule has 0 saturated heterocycles. The number of nitrogens with one attached hydrogen (secondary N) is 1. The summed E-state index contributed by atoms with van der Waals surface area (Å²) in [5, 5.41) is 2.98. The Morgan fingerprint density at radius 1 is 1.12 bits per heavy atom. The topological polar surface area (TPSA) is 107 Å². The molecule has 0 aliphatic heterocycles. The number of primary amides is 1. The Morgan fingerprint density at radius 2 is 1.75 bits per heavy atom. The summed E-state index contributed by atoms with van der Waals surface area (Å²) in [6, 6.07) is 7.23. The highest BCUT2D eigenvalue weighted by Crippen LogP contribution is 2.42. The monoisotopic (exact) mass is 331 g/mol. The van der Waals surface area contributed by atoms with Gasteiger partial charge in [0.1, 0.15) is 5.75 Å². The predicted molar refractivity (Wildman–Crippen MR) is 91.3 cm³/mol. The van der Waals surface area contributed by atoms with Crippen LogP contribution in [-0.4, -0.2) is 24.5 Å². The lowest BCUT2D eigenvalue weighted by Gasteiger charge is -2.43. The third kappa shape index (κ3) is 3.87. The third-order valence-corrected chi connectivity index (χ3v) is 5.29. The van der Waals surface area contributed by atoms with Gasteiger partial charge in [-0.1, -0.05) is 6.42 Å². The summed E-state index contributed by atoms with van der Waals surface area (Å²) in [6.45, 7) is -0.156. The molecule has 0 aromatic heterocycles. The van der Waals surface area contributed by atoms with Gasteiger partial charge in [-0.25, -0.2) is 0 Å². The van der Waals surface area contributed by atoms with E-state index in [0.29, 0.717) is 17.6 Å². The number of benzene rings is 1. The van der Waals surface area contributed by atoms with Gasteiger partial charge >= 0.3 is 0 Å². The summed E-state index contributed by atoms with van der Waals surface area (Å²) in [5.41, 5.74) is 12.1. The zero-order valence-corrected chi connectivity index (χ0v) is 13.7. The van der Waals surface area contributed by atoms with Crippen molar-refractivity contribution in [2.24, 2.45) is 29.2 Å². The van der Waals surface area contributed by atoms with E-state index >= 15 is 0 Å². The second-order valence-corrected chi connectivity index (χ2v) is 6.97. The maximum atomic E-state index is 12.6. The van der Waals surface area contributed by atoms with E-state index in [9.17, 15) is 9.59 Å². The fourth-order valence-electron chi connectivity index (χ4n) is 4.04. The number of carbonyl (C=O) groups is 2. The normalized spacial score (nSPS) is 28.9. The molecule has 24 heavy (non-hydrogen) atoms. The summed E-state index contributed by atoms with van der Waals surface area (Å²) < 4.78 is 5.20. The van der Waals surface area contributed by atoms with E-state index in [1.807, 2.05) is 0 Å². The molecule has 2 atom stereocenters. The number of rotatable bonds is 5. The van der Waals surface area contributed by atoms with Gasteiger partial charge in [-0.05, 0) is 61.8 Å². The molecule has 2 aliphatic rings. The number of anilines is 1. The van der Waals surface area contributed by atoms with E-state index < -0.39 is 5.91 Å². The summed E-state index contributed by atoms with van der Waals surface area (Å²) in [6.07, 6.45) is 5.32. The minimum absolute atomic E-state index is 0.0471. The van der Waals surface area contributed by atoms with Crippen molar-refractivity contribution in [1.82, 2.24) is 0 Å². The van der Waals surface area contributed by atoms with Crippen LogP contribution in [0.25, 0.3) is 0 Å². The van der Waals surface area contributed by atoms with Crippen molar-refractivity contribution in [2.75, 3.05) is 11.9 Å². The lowest BCUT2D eigenvalue weighted by atomic mass is 9.65. The molecule has 0 spiro atoms. The molecule has 130 valence electrons. The van der Waals surface area contributed by atoms with Gasteiger partial charge in [0, 0.05) is 17.6 Å². The molecule has 2 amide bonds. The minimum Gasteiger partial charge on any atom is -0.484 e. The Hall–Kier alpha value is -2.08. The van der Waals surface area contributed by atoms with Crippen LogP contribution in [0.15, 0.2) is 24.3 Å². The van der Waals surface area contributed by atoms with Gasteiger partial charge in [0.2, 0.25) is 5.91 Å². The predicted octanol–water partition coefficient (Wildman–Crippen LogP) is 1.64. The van der Waals surface area contributed by atoms with Crippen LogP contribution < -0.4 is 21.5 Å². The molecule has 2 unspecified atom stereocenters. The number of fused-ring (bicyclic) bond motifs is 2. The number of hydrogen-bond acceptors (Lipinski definition) is 4. The van der Waals surface area contributed by atoms with E-state index in [4.69, 9.17) is 16.2 Å². The quantitative estimate of drug-likeness (QED) is 0.762. The van der Waals surface area contributed by atoms with Gasteiger partial charge in [-0.3, -0.25) is 9.59 Å². The lowest BCUT2D eigenvalue weighted by molar-refractivity contribution is -0.122. The van der Waals surface area contributed by atoms with Crippen LogP contribution in [0.5, 0.6) is 5.75 Å². The Morgan fingerprint density at radius 3 is 2.33 bits per heavy atom. The molecular formula is C18H25N3O3. The molecule has 1 aromatic carbocycles. The highest BCUT2D eigenvalue weighted by atomic mass is 16.5. The van der Waals surface area contributed by atoms with Crippen molar-refractivity contribution in [3.8, 4) is 5.75 Å². The van der Waals surface area contributed by atoms with Crippen LogP contribution in [-0.2, 0) is 9.59 Å². The van der Waals surface area contributed by atoms with Crippen LogP contribution in [0.1, 0.15) is 32.1 Å². The molecule has 6 heteroatoms. The van der Waals surface area contributed by atoms with Gasteiger partial charge in [-0.2, -0.15) is 0 Å². The summed E-state index contributed by atoms with van der Waals surface area (Å²) in [4.78, 5) is 23.3. The highest BCUT2D eigenvalue weighted by molar-refractivity contribution is 5.92. The Balaban J connectivity index is 1.56. The first-order valence-corrected chi connectivity index (χ1v) is 8.60. The van der Waals surface area contributed by atoms with E-state index in [1.165, 1.54) is 6.42 Å². The molecule has 5 N–H and O–H groups in total. The number of carbonyl (C=O) groups excluding carboxylic acids is 2. The number of ether oxygens (including phenoxy) is 1. The second kappa shape index (κ2) is 7.21. The maximum Gasteiger partial charge on any atom is 0.255 e. The number of nitrogens with two attached hydrogens (primary N) is 2. The van der Waals surface area contributed by atoms with Crippen LogP contribution in [0.3, 0.4) is 0 Å². The van der Waals surface area contributed by atoms with E-state index in [2.05, 4.69) is 5.32 Å². The van der Waals surface area contributed by atoms with Crippen molar-refractivity contribution >= 4 is 17.5 Å². The Bertz CT molecular complexity index is 588. The first kappa shape index (κ1) is 16.8. The van der Waals surface area contributed by atoms with Crippen molar-refractivity contribution in [3.63, 3.8) is 0 Å². The standard InChI is InChI=1S/C18H25N3O3/c19-16(22)10-24-15-6-4-14(5-7-15)21-18(23)13-8-11-2-1-3-12(9-13)17(11)20/h4-7,11-13,17H,1-3,8-10,20H2,(H2,19,22)(H,21,23). The molecule has 2 bridgehead atoms. The van der Waals surface area contributed by atoms with Gasteiger partial charge in [0.15, 0.2) is 6.61 Å². The minimum atomic E-state index is -0.520. The van der Waals surface area contributed by atoms with Crippen LogP contribution in [0.4, 0.5) is 5.69 Å². The highest BCUT2D eigenvalue weighted by Gasteiger charge is 2.40. The first-order valence-electron chi connectivity index (χ1n) is 8.60. The molecule has 2 aliphatic carbocycles. The van der Waals surface area contributed by atoms with E-state index in [0.717, 1.165) is 31.4 Å². The van der Waals surface area contributed by atoms with Gasteiger partial charge < -0.3 is 21.5 Å². The summed E-state index contributed by atoms with van der Waals surface area (Å²) >= 11 is 0. The second-order valence-electron chi connectivity index (χ2n) is 6.97. The number of hydrogen-bond donors (Lipinski definition) is 3. The van der Waals surface area contributed by atoms with Crippen molar-refractivity contribution in [1.29, 1.82) is 0 Å². The molecule has 6 nitrogen and oxygen atoms in total. The first-order chi connectivity index (χ1) is 11.5. The third-order valence-electron chi connectivity index (χ3n) is 5.29. The Labute approximate surface area is 141 Å². The Kier molecular flexibility index (Phi) is 5.04. The fourth-order valence-corrected chi connectivity index (χ4v) is 4.04. The van der Waals surface area contributed by atoms with Gasteiger partial charge in [0.05, 0.1) is 0 Å². The molecule has 2 fully saturated rings. The van der Waals surface area contributed by atoms with Crippen LogP contribution in [0.2, 0.25) is 0 Å². The zero-order chi connectivity index (χ0) is 17.1. The van der Waals surface area contributed by atoms with Crippen LogP contribution in [0, 0.1) is 17.8 Å². The van der Waals surface area contributed by atoms with Crippen LogP contribution >= 0.6 is 0 Å². The lowest BCUT2D eigenvalue weighted by Crippen LogP contribution is -2.48. The largest absolute Gasteiger partial charge is 0.484 e. The molecule has 2 saturated carbocycles. The molecule has 1 aromatic rings. The van der Waals surface area contributed by atoms with Gasteiger partial charge in [0.25, 0.3) is 5.91 Å². The average molecular weight is 331 g/mol. The van der Waals surface area contributed by atoms with E-state index in [1.54, 1.807) is 24.3 Å². The fraction of sp³-hybridized carbons (Fsp3) is 0.556. The SMILES string of the molecule is NC(=O)COc1ccc(NC(=O)C2CC3CCCC(C2)C3N)cc1.